The summed E-state index contributed by atoms with van der Waals surface area (Å²) in [7, 11) is 1.26. The van der Waals surface area contributed by atoms with Gasteiger partial charge in [-0.25, -0.2) is 9.59 Å². The van der Waals surface area contributed by atoms with Crippen LogP contribution >= 0.6 is 11.6 Å². The number of carbonyl (C=O) groups is 1. The summed E-state index contributed by atoms with van der Waals surface area (Å²) in [5, 5.41) is 1.92. The molecule has 0 radical (unpaired) electrons. The number of nitrogens with one attached hydrogen (secondary N) is 2. The second-order valence-electron chi connectivity index (χ2n) is 2.83. The van der Waals surface area contributed by atoms with Crippen molar-refractivity contribution in [1.29, 1.82) is 0 Å². The monoisotopic (exact) mass is 247 g/mol. The van der Waals surface area contributed by atoms with Crippen molar-refractivity contribution in [3.63, 3.8) is 0 Å². The molecule has 1 aromatic heterocycles. The fourth-order valence-corrected chi connectivity index (χ4v) is 1.18. The van der Waals surface area contributed by atoms with Gasteiger partial charge in [-0.05, 0) is 6.92 Å². The van der Waals surface area contributed by atoms with E-state index in [2.05, 4.69) is 15.0 Å². The number of carbonyl (C=O) groups excluding carboxylic acids is 1. The molecule has 1 amide bonds. The maximum absolute atomic E-state index is 11.5. The topological polar surface area (TPSA) is 93.2 Å². The average Bonchev–Trinajstić information content (AvgIpc) is 2.22. The Bertz CT molecular complexity index is 519. The highest BCUT2D eigenvalue weighted by molar-refractivity contribution is 6.32. The number of amides is 1. The fourth-order valence-electron chi connectivity index (χ4n) is 0.972. The van der Waals surface area contributed by atoms with Gasteiger partial charge in [-0.2, -0.15) is 0 Å². The summed E-state index contributed by atoms with van der Waals surface area (Å²) < 4.78 is 5.36. The van der Waals surface area contributed by atoms with Gasteiger partial charge in [0.05, 0.1) is 6.61 Å². The molecule has 0 aromatic carbocycles. The number of hydrogen-bond acceptors (Lipinski definition) is 4. The van der Waals surface area contributed by atoms with E-state index in [1.807, 2.05) is 0 Å². The predicted molar refractivity (Wildman–Crippen MR) is 58.0 cm³/mol. The van der Waals surface area contributed by atoms with Gasteiger partial charge >= 0.3 is 11.8 Å². The zero-order valence-corrected chi connectivity index (χ0v) is 9.42. The lowest BCUT2D eigenvalue weighted by atomic mass is 10.5. The van der Waals surface area contributed by atoms with Crippen LogP contribution < -0.4 is 16.6 Å². The van der Waals surface area contributed by atoms with Crippen LogP contribution in [0.25, 0.3) is 0 Å². The zero-order valence-electron chi connectivity index (χ0n) is 8.67. The first-order valence-corrected chi connectivity index (χ1v) is 4.77. The molecule has 0 bridgehead atoms. The zero-order chi connectivity index (χ0) is 12.3. The molecule has 8 heteroatoms. The number of ether oxygens (including phenoxy) is 1. The summed E-state index contributed by atoms with van der Waals surface area (Å²) in [6.45, 7) is 1.78. The fraction of sp³-hybridized carbons (Fsp3) is 0.375. The number of halogens is 1. The van der Waals surface area contributed by atoms with Gasteiger partial charge < -0.3 is 4.74 Å². The summed E-state index contributed by atoms with van der Waals surface area (Å²) >= 11 is 5.61. The standard InChI is InChI=1S/C8H10ClN3O4/c1-3-16-8(15)10-4-5(9)11-7(14)12(2)6(4)13/h3H2,1-2H3,(H,10,15)(H,11,14). The van der Waals surface area contributed by atoms with Gasteiger partial charge in [0, 0.05) is 7.05 Å². The van der Waals surface area contributed by atoms with Crippen molar-refractivity contribution in [2.45, 2.75) is 6.92 Å². The Hall–Kier alpha value is -1.76. The minimum Gasteiger partial charge on any atom is -0.450 e. The van der Waals surface area contributed by atoms with Crippen molar-refractivity contribution in [2.75, 3.05) is 11.9 Å². The highest BCUT2D eigenvalue weighted by Gasteiger charge is 2.13. The number of anilines is 1. The lowest BCUT2D eigenvalue weighted by Crippen LogP contribution is -2.35. The predicted octanol–water partition coefficient (Wildman–Crippen LogP) is 0.295. The van der Waals surface area contributed by atoms with Gasteiger partial charge in [0.25, 0.3) is 5.56 Å². The van der Waals surface area contributed by atoms with E-state index in [4.69, 9.17) is 11.6 Å². The van der Waals surface area contributed by atoms with Crippen molar-refractivity contribution in [1.82, 2.24) is 9.55 Å². The largest absolute Gasteiger partial charge is 0.450 e. The molecule has 7 nitrogen and oxygen atoms in total. The van der Waals surface area contributed by atoms with Crippen molar-refractivity contribution in [3.05, 3.63) is 26.0 Å². The first kappa shape index (κ1) is 12.3. The Morgan fingerprint density at radius 3 is 2.75 bits per heavy atom. The molecule has 0 aliphatic rings. The van der Waals surface area contributed by atoms with E-state index in [9.17, 15) is 14.4 Å². The summed E-state index contributed by atoms with van der Waals surface area (Å²) in [5.74, 6) is 0. The summed E-state index contributed by atoms with van der Waals surface area (Å²) in [5.41, 5.74) is -1.59. The lowest BCUT2D eigenvalue weighted by Gasteiger charge is -2.07. The summed E-state index contributed by atoms with van der Waals surface area (Å²) in [6, 6.07) is 0. The van der Waals surface area contributed by atoms with Crippen molar-refractivity contribution in [3.8, 4) is 0 Å². The van der Waals surface area contributed by atoms with E-state index in [-0.39, 0.29) is 17.4 Å². The molecule has 0 unspecified atom stereocenters. The quantitative estimate of drug-likeness (QED) is 0.735. The molecule has 1 rings (SSSR count). The van der Waals surface area contributed by atoms with Gasteiger partial charge in [0.1, 0.15) is 10.8 Å². The van der Waals surface area contributed by atoms with E-state index in [0.29, 0.717) is 0 Å². The molecule has 0 aliphatic carbocycles. The molecule has 88 valence electrons. The molecule has 1 heterocycles. The number of H-pyrrole nitrogens is 1. The molecule has 16 heavy (non-hydrogen) atoms. The Balaban J connectivity index is 3.15. The van der Waals surface area contributed by atoms with Gasteiger partial charge in [0.2, 0.25) is 0 Å². The van der Waals surface area contributed by atoms with E-state index >= 15 is 0 Å². The minimum atomic E-state index is -0.812. The van der Waals surface area contributed by atoms with Crippen LogP contribution in [0, 0.1) is 0 Å². The highest BCUT2D eigenvalue weighted by atomic mass is 35.5. The third-order valence-electron chi connectivity index (χ3n) is 1.76. The van der Waals surface area contributed by atoms with Crippen LogP contribution in [0.2, 0.25) is 5.15 Å². The second kappa shape index (κ2) is 4.84. The van der Waals surface area contributed by atoms with Crippen LogP contribution in [-0.2, 0) is 11.8 Å². The SMILES string of the molecule is CCOC(=O)Nc1c(Cl)[nH]c(=O)n(C)c1=O. The second-order valence-corrected chi connectivity index (χ2v) is 3.21. The number of hydrogen-bond donors (Lipinski definition) is 2. The molecule has 2 N–H and O–H groups in total. The maximum atomic E-state index is 11.5. The van der Waals surface area contributed by atoms with Crippen molar-refractivity contribution >= 4 is 23.4 Å². The summed E-state index contributed by atoms with van der Waals surface area (Å²) in [4.78, 5) is 35.9. The van der Waals surface area contributed by atoms with E-state index < -0.39 is 17.3 Å². The van der Waals surface area contributed by atoms with Crippen LogP contribution in [0.4, 0.5) is 10.5 Å². The first-order chi connectivity index (χ1) is 7.47. The van der Waals surface area contributed by atoms with E-state index in [0.717, 1.165) is 4.57 Å². The minimum absolute atomic E-state index is 0.160. The van der Waals surface area contributed by atoms with Gasteiger partial charge in [-0.3, -0.25) is 19.7 Å². The molecule has 0 fully saturated rings. The average molecular weight is 248 g/mol. The van der Waals surface area contributed by atoms with Crippen LogP contribution in [0.15, 0.2) is 9.59 Å². The Kier molecular flexibility index (Phi) is 3.73. The third kappa shape index (κ3) is 2.43. The molecule has 0 saturated carbocycles. The van der Waals surface area contributed by atoms with E-state index in [1.54, 1.807) is 6.92 Å². The van der Waals surface area contributed by atoms with E-state index in [1.165, 1.54) is 7.05 Å². The molecule has 0 saturated heterocycles. The Morgan fingerprint density at radius 1 is 1.56 bits per heavy atom. The number of rotatable bonds is 2. The molecule has 1 aromatic rings. The highest BCUT2D eigenvalue weighted by Crippen LogP contribution is 2.11. The van der Waals surface area contributed by atoms with Crippen molar-refractivity contribution < 1.29 is 9.53 Å². The van der Waals surface area contributed by atoms with Gasteiger partial charge in [0.15, 0.2) is 0 Å². The third-order valence-corrected chi connectivity index (χ3v) is 2.05. The maximum Gasteiger partial charge on any atom is 0.411 e. The normalized spacial score (nSPS) is 9.94. The summed E-state index contributed by atoms with van der Waals surface area (Å²) in [6.07, 6.45) is -0.812. The van der Waals surface area contributed by atoms with Crippen LogP contribution in [0.3, 0.4) is 0 Å². The molecular weight excluding hydrogens is 238 g/mol. The number of nitrogens with zero attached hydrogens (tertiary/aromatic N) is 1. The molecule has 0 atom stereocenters. The van der Waals surface area contributed by atoms with Gasteiger partial charge in [-0.15, -0.1) is 0 Å². The smallest absolute Gasteiger partial charge is 0.411 e. The molecule has 0 spiro atoms. The van der Waals surface area contributed by atoms with Crippen LogP contribution in [0.5, 0.6) is 0 Å². The van der Waals surface area contributed by atoms with Crippen molar-refractivity contribution in [2.24, 2.45) is 7.05 Å². The first-order valence-electron chi connectivity index (χ1n) is 4.40. The Morgan fingerprint density at radius 2 is 2.19 bits per heavy atom. The number of aromatic nitrogens is 2. The van der Waals surface area contributed by atoms with Crippen LogP contribution in [-0.4, -0.2) is 22.3 Å². The number of aromatic amines is 1. The lowest BCUT2D eigenvalue weighted by molar-refractivity contribution is 0.168. The molecule has 0 aliphatic heterocycles. The van der Waals surface area contributed by atoms with Gasteiger partial charge in [-0.1, -0.05) is 11.6 Å². The Labute approximate surface area is 95.0 Å². The molecular formula is C8H10ClN3O4. The van der Waals surface area contributed by atoms with Crippen LogP contribution in [0.1, 0.15) is 6.92 Å².